The Bertz CT molecular complexity index is 453. The van der Waals surface area contributed by atoms with Gasteiger partial charge in [0.15, 0.2) is 0 Å². The lowest BCUT2D eigenvalue weighted by molar-refractivity contribution is 0.333. The Balaban J connectivity index is 1.84. The lowest BCUT2D eigenvalue weighted by Crippen LogP contribution is -2.31. The Labute approximate surface area is 110 Å². The molecular weight excluding hydrogens is 218 g/mol. The number of fused-ring (bicyclic) bond motifs is 1. The van der Waals surface area contributed by atoms with E-state index in [1.54, 1.807) is 0 Å². The van der Waals surface area contributed by atoms with Gasteiger partial charge in [-0.05, 0) is 60.4 Å². The first kappa shape index (κ1) is 12.0. The van der Waals surface area contributed by atoms with Gasteiger partial charge in [-0.25, -0.2) is 0 Å². The number of rotatable bonds is 1. The molecular formula is C17H23N. The SMILES string of the molecule is CC1CC[C@@H](c2ccc3c(c2)C=CCC3C)NC1. The van der Waals surface area contributed by atoms with Crippen molar-refractivity contribution >= 4 is 6.08 Å². The Morgan fingerprint density at radius 1 is 1.17 bits per heavy atom. The molecule has 1 aromatic rings. The fourth-order valence-electron chi connectivity index (χ4n) is 3.21. The molecule has 1 nitrogen and oxygen atoms in total. The number of hydrogen-bond acceptors (Lipinski definition) is 1. The van der Waals surface area contributed by atoms with Gasteiger partial charge in [0.05, 0.1) is 0 Å². The van der Waals surface area contributed by atoms with Crippen LogP contribution in [0.4, 0.5) is 0 Å². The largest absolute Gasteiger partial charge is 0.310 e. The van der Waals surface area contributed by atoms with Crippen molar-refractivity contribution in [2.75, 3.05) is 6.54 Å². The summed E-state index contributed by atoms with van der Waals surface area (Å²) in [5, 5.41) is 3.68. The van der Waals surface area contributed by atoms with Crippen LogP contribution in [0, 0.1) is 5.92 Å². The van der Waals surface area contributed by atoms with E-state index in [0.29, 0.717) is 12.0 Å². The number of hydrogen-bond donors (Lipinski definition) is 1. The fraction of sp³-hybridized carbons (Fsp3) is 0.529. The van der Waals surface area contributed by atoms with Crippen molar-refractivity contribution in [2.45, 2.75) is 45.1 Å². The van der Waals surface area contributed by atoms with Gasteiger partial charge in [0.1, 0.15) is 0 Å². The Morgan fingerprint density at radius 2 is 2.06 bits per heavy atom. The lowest BCUT2D eigenvalue weighted by atomic mass is 9.85. The van der Waals surface area contributed by atoms with Crippen LogP contribution in [0.3, 0.4) is 0 Å². The lowest BCUT2D eigenvalue weighted by Gasteiger charge is -2.29. The summed E-state index contributed by atoms with van der Waals surface area (Å²) in [4.78, 5) is 0. The minimum absolute atomic E-state index is 0.567. The average Bonchev–Trinajstić information content (AvgIpc) is 2.39. The molecule has 3 atom stereocenters. The fourth-order valence-corrected chi connectivity index (χ4v) is 3.21. The number of benzene rings is 1. The molecule has 1 N–H and O–H groups in total. The topological polar surface area (TPSA) is 12.0 Å². The molecule has 0 radical (unpaired) electrons. The van der Waals surface area contributed by atoms with Crippen molar-refractivity contribution in [3.63, 3.8) is 0 Å². The maximum Gasteiger partial charge on any atom is 0.0320 e. The van der Waals surface area contributed by atoms with Crippen molar-refractivity contribution in [1.29, 1.82) is 0 Å². The summed E-state index contributed by atoms with van der Waals surface area (Å²) in [7, 11) is 0. The number of allylic oxidation sites excluding steroid dienone is 1. The molecule has 1 aliphatic carbocycles. The van der Waals surface area contributed by atoms with Gasteiger partial charge in [0.2, 0.25) is 0 Å². The smallest absolute Gasteiger partial charge is 0.0320 e. The molecule has 1 fully saturated rings. The van der Waals surface area contributed by atoms with E-state index in [9.17, 15) is 0 Å². The first-order valence-corrected chi connectivity index (χ1v) is 7.28. The molecule has 0 amide bonds. The van der Waals surface area contributed by atoms with Gasteiger partial charge in [-0.2, -0.15) is 0 Å². The maximum atomic E-state index is 3.68. The van der Waals surface area contributed by atoms with Gasteiger partial charge in [-0.15, -0.1) is 0 Å². The summed E-state index contributed by atoms with van der Waals surface area (Å²) in [6.07, 6.45) is 8.42. The van der Waals surface area contributed by atoms with Crippen LogP contribution in [0.2, 0.25) is 0 Å². The molecule has 96 valence electrons. The van der Waals surface area contributed by atoms with Crippen LogP contribution in [0.1, 0.15) is 61.8 Å². The van der Waals surface area contributed by atoms with Crippen molar-refractivity contribution < 1.29 is 0 Å². The normalized spacial score (nSPS) is 31.1. The highest BCUT2D eigenvalue weighted by Crippen LogP contribution is 2.33. The van der Waals surface area contributed by atoms with E-state index in [1.165, 1.54) is 36.0 Å². The third-order valence-electron chi connectivity index (χ3n) is 4.49. The molecule has 1 heterocycles. The highest BCUT2D eigenvalue weighted by atomic mass is 14.9. The summed E-state index contributed by atoms with van der Waals surface area (Å²) in [6.45, 7) is 5.82. The standard InChI is InChI=1S/C17H23N/c1-12-6-9-17(18-11-12)15-7-8-16-13(2)4-3-5-14(16)10-15/h3,5,7-8,10,12-13,17-18H,4,6,9,11H2,1-2H3/t12?,13?,17-/m0/s1. The van der Waals surface area contributed by atoms with Crippen LogP contribution in [-0.2, 0) is 0 Å². The van der Waals surface area contributed by atoms with Gasteiger partial charge in [-0.1, -0.05) is 38.1 Å². The van der Waals surface area contributed by atoms with Crippen molar-refractivity contribution in [2.24, 2.45) is 5.92 Å². The monoisotopic (exact) mass is 241 g/mol. The zero-order chi connectivity index (χ0) is 12.5. The Kier molecular flexibility index (Phi) is 3.25. The van der Waals surface area contributed by atoms with Crippen LogP contribution >= 0.6 is 0 Å². The van der Waals surface area contributed by atoms with Gasteiger partial charge in [-0.3, -0.25) is 0 Å². The Hall–Kier alpha value is -1.08. The van der Waals surface area contributed by atoms with Gasteiger partial charge in [0, 0.05) is 6.04 Å². The van der Waals surface area contributed by atoms with Crippen molar-refractivity contribution in [3.8, 4) is 0 Å². The minimum Gasteiger partial charge on any atom is -0.310 e. The molecule has 1 aromatic carbocycles. The molecule has 0 saturated carbocycles. The summed E-state index contributed by atoms with van der Waals surface area (Å²) < 4.78 is 0. The van der Waals surface area contributed by atoms with Crippen molar-refractivity contribution in [1.82, 2.24) is 5.32 Å². The molecule has 1 aliphatic heterocycles. The van der Waals surface area contributed by atoms with Gasteiger partial charge >= 0.3 is 0 Å². The second-order valence-corrected chi connectivity index (χ2v) is 6.07. The molecule has 0 spiro atoms. The molecule has 2 aliphatic rings. The third kappa shape index (κ3) is 2.24. The Morgan fingerprint density at radius 3 is 2.83 bits per heavy atom. The van der Waals surface area contributed by atoms with Crippen LogP contribution in [0.5, 0.6) is 0 Å². The van der Waals surface area contributed by atoms with Crippen LogP contribution in [0.15, 0.2) is 24.3 Å². The molecule has 1 heteroatoms. The quantitative estimate of drug-likeness (QED) is 0.774. The molecule has 0 aromatic heterocycles. The average molecular weight is 241 g/mol. The zero-order valence-corrected chi connectivity index (χ0v) is 11.4. The van der Waals surface area contributed by atoms with E-state index in [0.717, 1.165) is 12.5 Å². The van der Waals surface area contributed by atoms with E-state index >= 15 is 0 Å². The summed E-state index contributed by atoms with van der Waals surface area (Å²) in [5.41, 5.74) is 4.43. The third-order valence-corrected chi connectivity index (χ3v) is 4.49. The van der Waals surface area contributed by atoms with Crippen LogP contribution < -0.4 is 5.32 Å². The minimum atomic E-state index is 0.567. The van der Waals surface area contributed by atoms with E-state index < -0.39 is 0 Å². The van der Waals surface area contributed by atoms with Gasteiger partial charge < -0.3 is 5.32 Å². The number of piperidine rings is 1. The molecule has 1 saturated heterocycles. The van der Waals surface area contributed by atoms with E-state index in [1.807, 2.05) is 0 Å². The molecule has 2 unspecified atom stereocenters. The zero-order valence-electron chi connectivity index (χ0n) is 11.4. The highest BCUT2D eigenvalue weighted by molar-refractivity contribution is 5.59. The van der Waals surface area contributed by atoms with E-state index in [2.05, 4.69) is 49.5 Å². The molecule has 18 heavy (non-hydrogen) atoms. The van der Waals surface area contributed by atoms with Crippen molar-refractivity contribution in [3.05, 3.63) is 41.0 Å². The first-order valence-electron chi connectivity index (χ1n) is 7.28. The second-order valence-electron chi connectivity index (χ2n) is 6.07. The van der Waals surface area contributed by atoms with E-state index in [4.69, 9.17) is 0 Å². The maximum absolute atomic E-state index is 3.68. The first-order chi connectivity index (χ1) is 8.74. The predicted octanol–water partition coefficient (Wildman–Crippen LogP) is 4.27. The summed E-state index contributed by atoms with van der Waals surface area (Å²) in [5.74, 6) is 1.51. The van der Waals surface area contributed by atoms with Crippen LogP contribution in [0.25, 0.3) is 6.08 Å². The van der Waals surface area contributed by atoms with Crippen LogP contribution in [-0.4, -0.2) is 6.54 Å². The van der Waals surface area contributed by atoms with E-state index in [-0.39, 0.29) is 0 Å². The number of nitrogens with one attached hydrogen (secondary N) is 1. The highest BCUT2D eigenvalue weighted by Gasteiger charge is 2.20. The predicted molar refractivity (Wildman–Crippen MR) is 77.6 cm³/mol. The molecule has 0 bridgehead atoms. The summed E-state index contributed by atoms with van der Waals surface area (Å²) >= 11 is 0. The molecule has 3 rings (SSSR count). The second kappa shape index (κ2) is 4.89. The summed E-state index contributed by atoms with van der Waals surface area (Å²) in [6, 6.07) is 7.65. The van der Waals surface area contributed by atoms with Gasteiger partial charge in [0.25, 0.3) is 0 Å².